The quantitative estimate of drug-likeness (QED) is 0.468. The molecule has 0 aliphatic carbocycles. The smallest absolute Gasteiger partial charge is 0.417 e. The SMILES string of the molecule is CC(Oc1cccc(Oc2ccc(C(F)(F)F)cn2)c1)C(=O)OC[Si](C)(C)C. The van der Waals surface area contributed by atoms with E-state index in [2.05, 4.69) is 24.6 Å². The average molecular weight is 413 g/mol. The minimum atomic E-state index is -4.46. The number of ether oxygens (including phenoxy) is 3. The van der Waals surface area contributed by atoms with Crippen LogP contribution in [0.5, 0.6) is 17.4 Å². The van der Waals surface area contributed by atoms with Crippen molar-refractivity contribution in [2.75, 3.05) is 6.23 Å². The second kappa shape index (κ2) is 8.64. The number of hydrogen-bond donors (Lipinski definition) is 0. The van der Waals surface area contributed by atoms with Crippen LogP contribution in [0, 0.1) is 0 Å². The maximum atomic E-state index is 12.6. The first-order valence-electron chi connectivity index (χ1n) is 8.58. The standard InChI is InChI=1S/C19H22F3NO4Si/c1-13(18(24)25-12-28(2,3)4)26-15-6-5-7-16(10-15)27-17-9-8-14(11-23-17)19(20,21)22/h5-11,13H,12H2,1-4H3. The Morgan fingerprint density at radius 3 is 2.39 bits per heavy atom. The van der Waals surface area contributed by atoms with Crippen molar-refractivity contribution in [2.24, 2.45) is 0 Å². The van der Waals surface area contributed by atoms with Gasteiger partial charge in [0, 0.05) is 18.3 Å². The highest BCUT2D eigenvalue weighted by atomic mass is 28.3. The fraction of sp³-hybridized carbons (Fsp3) is 0.368. The molecule has 5 nitrogen and oxygen atoms in total. The highest BCUT2D eigenvalue weighted by molar-refractivity contribution is 6.76. The molecule has 152 valence electrons. The second-order valence-electron chi connectivity index (χ2n) is 7.39. The van der Waals surface area contributed by atoms with Crippen LogP contribution in [0.4, 0.5) is 13.2 Å². The lowest BCUT2D eigenvalue weighted by molar-refractivity contribution is -0.149. The van der Waals surface area contributed by atoms with Crippen molar-refractivity contribution in [3.63, 3.8) is 0 Å². The van der Waals surface area contributed by atoms with Gasteiger partial charge in [-0.25, -0.2) is 9.78 Å². The van der Waals surface area contributed by atoms with Gasteiger partial charge in [-0.3, -0.25) is 0 Å². The molecule has 1 aromatic carbocycles. The van der Waals surface area contributed by atoms with E-state index in [0.717, 1.165) is 12.1 Å². The number of pyridine rings is 1. The number of nitrogens with zero attached hydrogens (tertiary/aromatic N) is 1. The number of benzene rings is 1. The van der Waals surface area contributed by atoms with Crippen LogP contribution in [0.25, 0.3) is 0 Å². The van der Waals surface area contributed by atoms with Gasteiger partial charge in [-0.15, -0.1) is 0 Å². The molecule has 0 N–H and O–H groups in total. The summed E-state index contributed by atoms with van der Waals surface area (Å²) in [4.78, 5) is 15.7. The number of rotatable bonds is 7. The van der Waals surface area contributed by atoms with Crippen LogP contribution in [0.3, 0.4) is 0 Å². The van der Waals surface area contributed by atoms with E-state index < -0.39 is 31.9 Å². The molecule has 0 fully saturated rings. The van der Waals surface area contributed by atoms with E-state index in [1.165, 1.54) is 6.07 Å². The number of hydrogen-bond acceptors (Lipinski definition) is 5. The lowest BCUT2D eigenvalue weighted by atomic mass is 10.3. The van der Waals surface area contributed by atoms with Crippen molar-refractivity contribution in [1.82, 2.24) is 4.98 Å². The lowest BCUT2D eigenvalue weighted by Crippen LogP contribution is -2.34. The van der Waals surface area contributed by atoms with Gasteiger partial charge in [0.1, 0.15) is 11.5 Å². The van der Waals surface area contributed by atoms with Crippen LogP contribution in [0.15, 0.2) is 42.6 Å². The average Bonchev–Trinajstić information content (AvgIpc) is 2.59. The minimum Gasteiger partial charge on any atom is -0.479 e. The molecule has 28 heavy (non-hydrogen) atoms. The Morgan fingerprint density at radius 2 is 1.82 bits per heavy atom. The molecule has 0 amide bonds. The Kier molecular flexibility index (Phi) is 6.71. The normalized spacial score (nSPS) is 13.0. The van der Waals surface area contributed by atoms with Gasteiger partial charge in [0.15, 0.2) is 6.10 Å². The number of esters is 1. The zero-order chi connectivity index (χ0) is 20.9. The number of carbonyl (C=O) groups is 1. The summed E-state index contributed by atoms with van der Waals surface area (Å²) in [5.74, 6) is 0.222. The van der Waals surface area contributed by atoms with Gasteiger partial charge in [0.2, 0.25) is 5.88 Å². The molecule has 0 bridgehead atoms. The fourth-order valence-corrected chi connectivity index (χ4v) is 2.57. The Labute approximate surface area is 162 Å². The number of carbonyl (C=O) groups excluding carboxylic acids is 1. The molecule has 1 unspecified atom stereocenters. The summed E-state index contributed by atoms with van der Waals surface area (Å²) in [6.45, 7) is 7.84. The molecule has 2 rings (SSSR count). The van der Waals surface area contributed by atoms with Crippen molar-refractivity contribution in [2.45, 2.75) is 38.8 Å². The van der Waals surface area contributed by atoms with E-state index in [-0.39, 0.29) is 5.88 Å². The number of halogens is 3. The van der Waals surface area contributed by atoms with Gasteiger partial charge in [0.05, 0.1) is 19.9 Å². The van der Waals surface area contributed by atoms with Gasteiger partial charge in [0.25, 0.3) is 0 Å². The summed E-state index contributed by atoms with van der Waals surface area (Å²) in [5.41, 5.74) is -0.859. The first-order valence-corrected chi connectivity index (χ1v) is 12.3. The first kappa shape index (κ1) is 21.7. The highest BCUT2D eigenvalue weighted by Crippen LogP contribution is 2.30. The molecular formula is C19H22F3NO4Si. The maximum Gasteiger partial charge on any atom is 0.417 e. The topological polar surface area (TPSA) is 57.7 Å². The summed E-state index contributed by atoms with van der Waals surface area (Å²) < 4.78 is 54.0. The zero-order valence-electron chi connectivity index (χ0n) is 16.0. The van der Waals surface area contributed by atoms with E-state index in [9.17, 15) is 18.0 Å². The van der Waals surface area contributed by atoms with Gasteiger partial charge in [-0.1, -0.05) is 25.7 Å². The van der Waals surface area contributed by atoms with Crippen molar-refractivity contribution in [1.29, 1.82) is 0 Å². The van der Waals surface area contributed by atoms with E-state index >= 15 is 0 Å². The molecule has 0 radical (unpaired) electrons. The molecule has 0 aliphatic heterocycles. The minimum absolute atomic E-state index is 0.00717. The molecule has 1 aromatic heterocycles. The molecule has 0 saturated heterocycles. The predicted octanol–water partition coefficient (Wildman–Crippen LogP) is 5.08. The highest BCUT2D eigenvalue weighted by Gasteiger charge is 2.30. The first-order chi connectivity index (χ1) is 12.9. The van der Waals surface area contributed by atoms with Gasteiger partial charge >= 0.3 is 12.1 Å². The Hall–Kier alpha value is -2.55. The molecule has 0 aliphatic rings. The fourth-order valence-electron chi connectivity index (χ4n) is 2.00. The third-order valence-electron chi connectivity index (χ3n) is 3.38. The summed E-state index contributed by atoms with van der Waals surface area (Å²) in [5, 5.41) is 0. The summed E-state index contributed by atoms with van der Waals surface area (Å²) in [6, 6.07) is 8.40. The van der Waals surface area contributed by atoms with E-state index in [1.807, 2.05) is 0 Å². The van der Waals surface area contributed by atoms with Crippen molar-refractivity contribution in [3.8, 4) is 17.4 Å². The summed E-state index contributed by atoms with van der Waals surface area (Å²) in [7, 11) is -1.52. The lowest BCUT2D eigenvalue weighted by Gasteiger charge is -2.19. The molecule has 1 heterocycles. The van der Waals surface area contributed by atoms with E-state index in [4.69, 9.17) is 14.2 Å². The Balaban J connectivity index is 1.99. The Morgan fingerprint density at radius 1 is 1.14 bits per heavy atom. The van der Waals surface area contributed by atoms with Crippen LogP contribution in [-0.2, 0) is 15.7 Å². The van der Waals surface area contributed by atoms with Crippen molar-refractivity contribution >= 4 is 14.0 Å². The number of aromatic nitrogens is 1. The summed E-state index contributed by atoms with van der Waals surface area (Å²) >= 11 is 0. The van der Waals surface area contributed by atoms with E-state index in [0.29, 0.717) is 23.9 Å². The maximum absolute atomic E-state index is 12.6. The summed E-state index contributed by atoms with van der Waals surface area (Å²) in [6.07, 6.45) is -4.16. The molecule has 2 aromatic rings. The Bertz CT molecular complexity index is 804. The third kappa shape index (κ3) is 6.88. The molecule has 0 saturated carbocycles. The van der Waals surface area contributed by atoms with Crippen LogP contribution >= 0.6 is 0 Å². The van der Waals surface area contributed by atoms with Gasteiger partial charge in [-0.2, -0.15) is 13.2 Å². The van der Waals surface area contributed by atoms with Gasteiger partial charge in [-0.05, 0) is 25.1 Å². The second-order valence-corrected chi connectivity index (χ2v) is 12.8. The largest absolute Gasteiger partial charge is 0.479 e. The monoisotopic (exact) mass is 413 g/mol. The predicted molar refractivity (Wildman–Crippen MR) is 100 cm³/mol. The van der Waals surface area contributed by atoms with Crippen molar-refractivity contribution < 1.29 is 32.2 Å². The number of alkyl halides is 3. The van der Waals surface area contributed by atoms with Crippen LogP contribution in [0.2, 0.25) is 19.6 Å². The van der Waals surface area contributed by atoms with Crippen LogP contribution < -0.4 is 9.47 Å². The molecule has 1 atom stereocenters. The van der Waals surface area contributed by atoms with Crippen molar-refractivity contribution in [3.05, 3.63) is 48.2 Å². The van der Waals surface area contributed by atoms with Gasteiger partial charge < -0.3 is 14.2 Å². The molecule has 0 spiro atoms. The van der Waals surface area contributed by atoms with E-state index in [1.54, 1.807) is 25.1 Å². The third-order valence-corrected chi connectivity index (χ3v) is 4.39. The van der Waals surface area contributed by atoms with Crippen LogP contribution in [-0.4, -0.2) is 31.4 Å². The molecule has 9 heteroatoms. The zero-order valence-corrected chi connectivity index (χ0v) is 17.0. The molecular weight excluding hydrogens is 391 g/mol. The van der Waals surface area contributed by atoms with Crippen LogP contribution in [0.1, 0.15) is 12.5 Å².